The Morgan fingerprint density at radius 1 is 1.20 bits per heavy atom. The van der Waals surface area contributed by atoms with E-state index in [4.69, 9.17) is 18.9 Å². The molecule has 2 saturated heterocycles. The minimum Gasteiger partial charge on any atom is -0.463 e. The van der Waals surface area contributed by atoms with Crippen LogP contribution in [0.3, 0.4) is 0 Å². The van der Waals surface area contributed by atoms with Crippen LogP contribution in [0.5, 0.6) is 0 Å². The molecule has 11 heteroatoms. The van der Waals surface area contributed by atoms with Crippen molar-refractivity contribution in [2.75, 3.05) is 25.1 Å². The number of aromatic nitrogens is 4. The lowest BCUT2D eigenvalue weighted by molar-refractivity contribution is -0.162. The number of hydrogen-bond donors (Lipinski definition) is 1. The van der Waals surface area contributed by atoms with Crippen LogP contribution in [0.15, 0.2) is 12.7 Å². The van der Waals surface area contributed by atoms with Crippen molar-refractivity contribution >= 4 is 28.9 Å². The average molecular weight is 488 g/mol. The van der Waals surface area contributed by atoms with E-state index < -0.39 is 18.4 Å². The first-order valence-electron chi connectivity index (χ1n) is 12.5. The van der Waals surface area contributed by atoms with E-state index >= 15 is 0 Å². The lowest BCUT2D eigenvalue weighted by Gasteiger charge is -2.20. The van der Waals surface area contributed by atoms with E-state index in [0.717, 1.165) is 38.7 Å². The third kappa shape index (κ3) is 5.25. The Hall–Kier alpha value is -2.79. The zero-order valence-electron chi connectivity index (χ0n) is 20.2. The van der Waals surface area contributed by atoms with Gasteiger partial charge < -0.3 is 24.3 Å². The topological polar surface area (TPSA) is 127 Å². The summed E-state index contributed by atoms with van der Waals surface area (Å²) in [4.78, 5) is 38.2. The van der Waals surface area contributed by atoms with Crippen molar-refractivity contribution in [3.05, 3.63) is 12.7 Å². The van der Waals surface area contributed by atoms with E-state index in [1.54, 1.807) is 20.2 Å². The number of hydrogen-bond acceptors (Lipinski definition) is 10. The molecular formula is C24H33N5O6. The maximum Gasteiger partial charge on any atom is 0.309 e. The van der Waals surface area contributed by atoms with E-state index in [2.05, 4.69) is 20.3 Å². The maximum absolute atomic E-state index is 12.5. The molecule has 0 radical (unpaired) electrons. The van der Waals surface area contributed by atoms with Gasteiger partial charge in [0.2, 0.25) is 0 Å². The normalized spacial score (nSPS) is 27.1. The largest absolute Gasteiger partial charge is 0.463 e. The van der Waals surface area contributed by atoms with Gasteiger partial charge in [0.25, 0.3) is 0 Å². The van der Waals surface area contributed by atoms with Gasteiger partial charge in [-0.3, -0.25) is 14.2 Å². The lowest BCUT2D eigenvalue weighted by Crippen LogP contribution is -2.34. The number of nitrogens with one attached hydrogen (secondary N) is 1. The van der Waals surface area contributed by atoms with Crippen LogP contribution in [0.2, 0.25) is 0 Å². The molecule has 5 rings (SSSR count). The van der Waals surface area contributed by atoms with Crippen LogP contribution in [0.1, 0.15) is 58.6 Å². The number of ether oxygens (including phenoxy) is 4. The van der Waals surface area contributed by atoms with Crippen molar-refractivity contribution in [3.63, 3.8) is 0 Å². The third-order valence-electron chi connectivity index (χ3n) is 6.94. The van der Waals surface area contributed by atoms with Crippen molar-refractivity contribution < 1.29 is 28.5 Å². The number of carbonyl (C=O) groups is 2. The summed E-state index contributed by atoms with van der Waals surface area (Å²) in [5, 5.41) is 3.38. The van der Waals surface area contributed by atoms with Crippen LogP contribution in [0, 0.1) is 11.8 Å². The Morgan fingerprint density at radius 3 is 2.77 bits per heavy atom. The van der Waals surface area contributed by atoms with Crippen molar-refractivity contribution in [2.45, 2.75) is 76.9 Å². The predicted molar refractivity (Wildman–Crippen MR) is 124 cm³/mol. The van der Waals surface area contributed by atoms with E-state index in [9.17, 15) is 9.59 Å². The molecule has 0 spiro atoms. The summed E-state index contributed by atoms with van der Waals surface area (Å²) in [5.74, 6) is -0.183. The molecular weight excluding hydrogens is 454 g/mol. The van der Waals surface area contributed by atoms with Crippen molar-refractivity contribution in [2.24, 2.45) is 11.8 Å². The Kier molecular flexibility index (Phi) is 7.14. The molecule has 2 aromatic heterocycles. The highest BCUT2D eigenvalue weighted by molar-refractivity contribution is 5.82. The average Bonchev–Trinajstić information content (AvgIpc) is 3.65. The first-order valence-corrected chi connectivity index (χ1v) is 12.5. The summed E-state index contributed by atoms with van der Waals surface area (Å²) >= 11 is 0. The Morgan fingerprint density at radius 2 is 2.03 bits per heavy atom. The molecule has 3 fully saturated rings. The fourth-order valence-electron chi connectivity index (χ4n) is 4.88. The van der Waals surface area contributed by atoms with Crippen molar-refractivity contribution in [1.82, 2.24) is 19.5 Å². The predicted octanol–water partition coefficient (Wildman–Crippen LogP) is 2.62. The van der Waals surface area contributed by atoms with Gasteiger partial charge in [-0.15, -0.1) is 0 Å². The SMILES string of the molecule is CC(C)C(=O)O[C@@H]1CC(n2cnc3c(N[C@@H]4CCOC4)ncnc32)O[C@@H]1COC(=O)C1CCCC1. The monoisotopic (exact) mass is 487 g/mol. The molecule has 1 N–H and O–H groups in total. The van der Waals surface area contributed by atoms with Gasteiger partial charge in [0.1, 0.15) is 31.4 Å². The van der Waals surface area contributed by atoms with Gasteiger partial charge in [0.05, 0.1) is 30.8 Å². The fraction of sp³-hybridized carbons (Fsp3) is 0.708. The fourth-order valence-corrected chi connectivity index (χ4v) is 4.88. The van der Waals surface area contributed by atoms with Gasteiger partial charge >= 0.3 is 11.9 Å². The van der Waals surface area contributed by atoms with Crippen LogP contribution in [-0.2, 0) is 28.5 Å². The number of anilines is 1. The molecule has 0 amide bonds. The maximum atomic E-state index is 12.5. The summed E-state index contributed by atoms with van der Waals surface area (Å²) in [5.41, 5.74) is 1.25. The molecule has 11 nitrogen and oxygen atoms in total. The summed E-state index contributed by atoms with van der Waals surface area (Å²) in [6, 6.07) is 0.180. The Labute approximate surface area is 203 Å². The minimum atomic E-state index is -0.569. The number of fused-ring (bicyclic) bond motifs is 1. The van der Waals surface area contributed by atoms with Gasteiger partial charge in [-0.2, -0.15) is 0 Å². The lowest BCUT2D eigenvalue weighted by atomic mass is 10.1. The number of rotatable bonds is 8. The molecule has 0 aromatic carbocycles. The van der Waals surface area contributed by atoms with Crippen molar-refractivity contribution in [1.29, 1.82) is 0 Å². The van der Waals surface area contributed by atoms with E-state index in [1.165, 1.54) is 6.33 Å². The highest BCUT2D eigenvalue weighted by Crippen LogP contribution is 2.35. The molecule has 0 bridgehead atoms. The van der Waals surface area contributed by atoms with Gasteiger partial charge in [-0.1, -0.05) is 26.7 Å². The molecule has 2 aromatic rings. The number of esters is 2. The second-order valence-electron chi connectivity index (χ2n) is 9.86. The summed E-state index contributed by atoms with van der Waals surface area (Å²) < 4.78 is 24.9. The quantitative estimate of drug-likeness (QED) is 0.555. The Bertz CT molecular complexity index is 1050. The first kappa shape index (κ1) is 23.9. The summed E-state index contributed by atoms with van der Waals surface area (Å²) in [6.45, 7) is 4.96. The van der Waals surface area contributed by atoms with E-state index in [1.807, 2.05) is 4.57 Å². The van der Waals surface area contributed by atoms with Gasteiger partial charge in [0, 0.05) is 13.0 Å². The zero-order chi connectivity index (χ0) is 24.4. The molecule has 3 aliphatic rings. The minimum absolute atomic E-state index is 0.0397. The molecule has 190 valence electrons. The second-order valence-corrected chi connectivity index (χ2v) is 9.86. The summed E-state index contributed by atoms with van der Waals surface area (Å²) in [6.07, 6.45) is 6.70. The van der Waals surface area contributed by atoms with Crippen LogP contribution >= 0.6 is 0 Å². The molecule has 35 heavy (non-hydrogen) atoms. The van der Waals surface area contributed by atoms with Crippen molar-refractivity contribution in [3.8, 4) is 0 Å². The standard InChI is InChI=1S/C24H33N5O6/c1-14(2)23(30)35-17-9-19(34-18(17)11-33-24(31)15-5-3-4-6-15)29-13-27-20-21(25-12-26-22(20)29)28-16-7-8-32-10-16/h12-19H,3-11H2,1-2H3,(H,25,26,28)/t16-,17-,18-,19?/m1/s1. The second kappa shape index (κ2) is 10.4. The molecule has 1 aliphatic carbocycles. The van der Waals surface area contributed by atoms with Crippen LogP contribution in [0.4, 0.5) is 5.82 Å². The zero-order valence-corrected chi connectivity index (χ0v) is 20.2. The number of carbonyl (C=O) groups excluding carboxylic acids is 2. The molecule has 1 saturated carbocycles. The van der Waals surface area contributed by atoms with E-state index in [0.29, 0.717) is 30.0 Å². The first-order chi connectivity index (χ1) is 17.0. The smallest absolute Gasteiger partial charge is 0.309 e. The highest BCUT2D eigenvalue weighted by atomic mass is 16.6. The highest BCUT2D eigenvalue weighted by Gasteiger charge is 2.41. The molecule has 4 heterocycles. The van der Waals surface area contributed by atoms with Gasteiger partial charge in [-0.05, 0) is 19.3 Å². The molecule has 1 unspecified atom stereocenters. The molecule has 4 atom stereocenters. The van der Waals surface area contributed by atoms with Gasteiger partial charge in [0.15, 0.2) is 17.0 Å². The molecule has 2 aliphatic heterocycles. The summed E-state index contributed by atoms with van der Waals surface area (Å²) in [7, 11) is 0. The van der Waals surface area contributed by atoms with Gasteiger partial charge in [-0.25, -0.2) is 15.0 Å². The van der Waals surface area contributed by atoms with E-state index in [-0.39, 0.29) is 36.4 Å². The third-order valence-corrected chi connectivity index (χ3v) is 6.94. The number of nitrogens with zero attached hydrogens (tertiary/aromatic N) is 4. The van der Waals surface area contributed by atoms with Crippen LogP contribution < -0.4 is 5.32 Å². The van der Waals surface area contributed by atoms with Crippen LogP contribution in [0.25, 0.3) is 11.2 Å². The number of imidazole rings is 1. The van der Waals surface area contributed by atoms with Crippen LogP contribution in [-0.4, -0.2) is 69.5 Å². The Balaban J connectivity index is 1.32.